The number of nitrogens with zero attached hydrogens (tertiary/aromatic N) is 2. The Labute approximate surface area is 307 Å². The quantitative estimate of drug-likeness (QED) is 0.151. The van der Waals surface area contributed by atoms with Crippen LogP contribution in [-0.4, -0.2) is 0 Å². The van der Waals surface area contributed by atoms with Crippen molar-refractivity contribution in [1.29, 1.82) is 0 Å². The number of para-hydroxylation sites is 2. The van der Waals surface area contributed by atoms with Crippen LogP contribution in [0.25, 0.3) is 32.7 Å². The van der Waals surface area contributed by atoms with Gasteiger partial charge in [0.1, 0.15) is 0 Å². The molecular weight excluding hydrogens is 695 g/mol. The minimum atomic E-state index is -4.99. The summed E-state index contributed by atoms with van der Waals surface area (Å²) in [6.45, 7) is 0. The van der Waals surface area contributed by atoms with Crippen molar-refractivity contribution >= 4 is 55.7 Å². The maximum absolute atomic E-state index is 15.2. The first kappa shape index (κ1) is 34.5. The van der Waals surface area contributed by atoms with E-state index in [1.165, 1.54) is 12.1 Å². The van der Waals surface area contributed by atoms with Gasteiger partial charge in [-0.25, -0.2) is 0 Å². The van der Waals surface area contributed by atoms with E-state index in [0.29, 0.717) is 22.7 Å². The Hall–Kier alpha value is -6.54. The van der Waals surface area contributed by atoms with Gasteiger partial charge in [0.2, 0.25) is 0 Å². The summed E-state index contributed by atoms with van der Waals surface area (Å²) in [6.07, 6.45) is -9.99. The third kappa shape index (κ3) is 6.51. The predicted molar refractivity (Wildman–Crippen MR) is 206 cm³/mol. The molecule has 0 aliphatic rings. The summed E-state index contributed by atoms with van der Waals surface area (Å²) >= 11 is 0. The molecular formula is C46H30F6N2. The van der Waals surface area contributed by atoms with Crippen molar-refractivity contribution in [2.45, 2.75) is 12.4 Å². The van der Waals surface area contributed by atoms with Gasteiger partial charge in [0.25, 0.3) is 0 Å². The normalized spacial score (nSPS) is 11.9. The van der Waals surface area contributed by atoms with Gasteiger partial charge < -0.3 is 9.80 Å². The van der Waals surface area contributed by atoms with Crippen LogP contribution in [0.3, 0.4) is 0 Å². The molecule has 0 spiro atoms. The number of fused-ring (bicyclic) bond motifs is 2. The molecule has 0 radical (unpaired) electrons. The third-order valence-corrected chi connectivity index (χ3v) is 9.47. The van der Waals surface area contributed by atoms with Crippen LogP contribution in [0.5, 0.6) is 0 Å². The standard InChI is InChI=1S/C46H30F6N2/c47-45(48,49)41-29-35(53(33-17-3-1-4-18-33)43-23-11-15-31-13-7-9-21-37(31)43)25-27-39(41)40-28-26-36(30-42(40)46(50,51)52)54(34-19-5-2-6-20-34)44-24-12-16-32-14-8-10-22-38(32)44/h1-30H. The molecule has 0 fully saturated rings. The van der Waals surface area contributed by atoms with Crippen LogP contribution in [-0.2, 0) is 12.4 Å². The molecule has 0 aliphatic heterocycles. The molecule has 266 valence electrons. The number of rotatable bonds is 7. The fourth-order valence-electron chi connectivity index (χ4n) is 7.10. The minimum Gasteiger partial charge on any atom is -0.310 e. The average molecular weight is 725 g/mol. The van der Waals surface area contributed by atoms with Crippen LogP contribution in [0, 0.1) is 0 Å². The lowest BCUT2D eigenvalue weighted by Crippen LogP contribution is -2.16. The number of hydrogen-bond donors (Lipinski definition) is 0. The smallest absolute Gasteiger partial charge is 0.310 e. The average Bonchev–Trinajstić information content (AvgIpc) is 3.18. The lowest BCUT2D eigenvalue weighted by Gasteiger charge is -2.29. The van der Waals surface area contributed by atoms with Gasteiger partial charge in [-0.2, -0.15) is 26.3 Å². The Morgan fingerprint density at radius 2 is 0.667 bits per heavy atom. The molecule has 0 aromatic heterocycles. The SMILES string of the molecule is FC(F)(F)c1cc(N(c2ccccc2)c2cccc3ccccc23)ccc1-c1ccc(N(c2ccccc2)c2cccc3ccccc23)cc1C(F)(F)F. The lowest BCUT2D eigenvalue weighted by atomic mass is 9.93. The molecule has 0 heterocycles. The van der Waals surface area contributed by atoms with E-state index in [2.05, 4.69) is 0 Å². The molecule has 2 nitrogen and oxygen atoms in total. The lowest BCUT2D eigenvalue weighted by molar-refractivity contribution is -0.139. The highest BCUT2D eigenvalue weighted by Crippen LogP contribution is 2.48. The summed E-state index contributed by atoms with van der Waals surface area (Å²) in [5.74, 6) is 0. The van der Waals surface area contributed by atoms with E-state index < -0.39 is 34.6 Å². The highest BCUT2D eigenvalue weighted by molar-refractivity contribution is 6.00. The van der Waals surface area contributed by atoms with Crippen LogP contribution in [0.4, 0.5) is 60.5 Å². The number of anilines is 6. The predicted octanol–water partition coefficient (Wildman–Crippen LogP) is 14.6. The summed E-state index contributed by atoms with van der Waals surface area (Å²) < 4.78 is 90.9. The van der Waals surface area contributed by atoms with E-state index in [1.54, 1.807) is 70.5 Å². The summed E-state index contributed by atoms with van der Waals surface area (Å²) in [4.78, 5) is 3.38. The van der Waals surface area contributed by atoms with Crippen molar-refractivity contribution in [3.8, 4) is 11.1 Å². The van der Waals surface area contributed by atoms with Gasteiger partial charge in [-0.15, -0.1) is 0 Å². The highest BCUT2D eigenvalue weighted by Gasteiger charge is 2.39. The molecule has 0 atom stereocenters. The molecule has 0 saturated carbocycles. The van der Waals surface area contributed by atoms with Gasteiger partial charge in [0.05, 0.1) is 22.5 Å². The number of benzene rings is 8. The Balaban J connectivity index is 1.32. The third-order valence-electron chi connectivity index (χ3n) is 9.47. The topological polar surface area (TPSA) is 6.48 Å². The Morgan fingerprint density at radius 3 is 1.06 bits per heavy atom. The summed E-state index contributed by atoms with van der Waals surface area (Å²) in [6, 6.07) is 51.0. The van der Waals surface area contributed by atoms with Gasteiger partial charge in [0.15, 0.2) is 0 Å². The Kier molecular flexibility index (Phi) is 8.82. The molecule has 8 aromatic rings. The molecule has 0 saturated heterocycles. The molecule has 8 aromatic carbocycles. The Bertz CT molecular complexity index is 2410. The van der Waals surface area contributed by atoms with E-state index in [9.17, 15) is 0 Å². The van der Waals surface area contributed by atoms with E-state index in [0.717, 1.165) is 45.8 Å². The van der Waals surface area contributed by atoms with Crippen LogP contribution in [0.1, 0.15) is 11.1 Å². The number of alkyl halides is 6. The zero-order chi connectivity index (χ0) is 37.5. The largest absolute Gasteiger partial charge is 0.417 e. The molecule has 8 rings (SSSR count). The van der Waals surface area contributed by atoms with E-state index in [-0.39, 0.29) is 11.4 Å². The van der Waals surface area contributed by atoms with E-state index in [1.807, 2.05) is 84.9 Å². The van der Waals surface area contributed by atoms with E-state index in [4.69, 9.17) is 0 Å². The summed E-state index contributed by atoms with van der Waals surface area (Å²) in [7, 11) is 0. The van der Waals surface area contributed by atoms with E-state index >= 15 is 26.3 Å². The molecule has 8 heteroatoms. The maximum atomic E-state index is 15.2. The second-order valence-electron chi connectivity index (χ2n) is 12.8. The first-order chi connectivity index (χ1) is 26.1. The zero-order valence-electron chi connectivity index (χ0n) is 28.5. The summed E-state index contributed by atoms with van der Waals surface area (Å²) in [5.41, 5.74) is -0.823. The number of hydrogen-bond acceptors (Lipinski definition) is 2. The highest BCUT2D eigenvalue weighted by atomic mass is 19.4. The summed E-state index contributed by atoms with van der Waals surface area (Å²) in [5, 5.41) is 3.36. The van der Waals surface area contributed by atoms with Crippen molar-refractivity contribution in [3.05, 3.63) is 193 Å². The van der Waals surface area contributed by atoms with Crippen molar-refractivity contribution in [1.82, 2.24) is 0 Å². The van der Waals surface area contributed by atoms with Crippen LogP contribution < -0.4 is 9.80 Å². The second-order valence-corrected chi connectivity index (χ2v) is 12.8. The molecule has 54 heavy (non-hydrogen) atoms. The Morgan fingerprint density at radius 1 is 0.315 bits per heavy atom. The second kappa shape index (κ2) is 13.8. The zero-order valence-corrected chi connectivity index (χ0v) is 28.5. The maximum Gasteiger partial charge on any atom is 0.417 e. The minimum absolute atomic E-state index is 0.144. The van der Waals surface area contributed by atoms with Gasteiger partial charge in [0, 0.05) is 33.5 Å². The van der Waals surface area contributed by atoms with Crippen molar-refractivity contribution in [3.63, 3.8) is 0 Å². The van der Waals surface area contributed by atoms with Gasteiger partial charge in [-0.05, 0) is 82.6 Å². The monoisotopic (exact) mass is 724 g/mol. The molecule has 0 aliphatic carbocycles. The van der Waals surface area contributed by atoms with Crippen molar-refractivity contribution in [2.24, 2.45) is 0 Å². The van der Waals surface area contributed by atoms with Gasteiger partial charge in [-0.1, -0.05) is 121 Å². The van der Waals surface area contributed by atoms with Gasteiger partial charge in [-0.3, -0.25) is 0 Å². The van der Waals surface area contributed by atoms with Crippen molar-refractivity contribution < 1.29 is 26.3 Å². The molecule has 0 bridgehead atoms. The first-order valence-electron chi connectivity index (χ1n) is 17.2. The van der Waals surface area contributed by atoms with Crippen LogP contribution in [0.15, 0.2) is 182 Å². The molecule has 0 amide bonds. The molecule has 0 N–H and O–H groups in total. The first-order valence-corrected chi connectivity index (χ1v) is 17.2. The van der Waals surface area contributed by atoms with Crippen LogP contribution in [0.2, 0.25) is 0 Å². The van der Waals surface area contributed by atoms with Gasteiger partial charge >= 0.3 is 12.4 Å². The van der Waals surface area contributed by atoms with Crippen LogP contribution >= 0.6 is 0 Å². The fourth-order valence-corrected chi connectivity index (χ4v) is 7.10. The molecule has 0 unspecified atom stereocenters. The fraction of sp³-hybridized carbons (Fsp3) is 0.0435. The number of halogens is 6. The van der Waals surface area contributed by atoms with Crippen molar-refractivity contribution in [2.75, 3.05) is 9.80 Å².